The van der Waals surface area contributed by atoms with Gasteiger partial charge in [0.05, 0.1) is 12.8 Å². The number of aromatic nitrogens is 3. The highest BCUT2D eigenvalue weighted by Crippen LogP contribution is 2.16. The molecule has 2 aromatic heterocycles. The van der Waals surface area contributed by atoms with Crippen LogP contribution in [0.3, 0.4) is 0 Å². The van der Waals surface area contributed by atoms with Crippen LogP contribution in [0, 0.1) is 20.8 Å². The van der Waals surface area contributed by atoms with E-state index in [1.54, 1.807) is 7.11 Å². The zero-order valence-corrected chi connectivity index (χ0v) is 15.8. The molecule has 0 aliphatic heterocycles. The monoisotopic (exact) mass is 345 g/mol. The van der Waals surface area contributed by atoms with E-state index >= 15 is 0 Å². The molecule has 0 aliphatic carbocycles. The largest absolute Gasteiger partial charge is 0.481 e. The van der Waals surface area contributed by atoms with E-state index in [9.17, 15) is 4.79 Å². The number of carbonyl (C=O) groups excluding carboxylic acids is 1. The van der Waals surface area contributed by atoms with Gasteiger partial charge in [-0.25, -0.2) is 9.78 Å². The minimum absolute atomic E-state index is 0.000335. The molecule has 1 atom stereocenters. The van der Waals surface area contributed by atoms with Crippen LogP contribution in [0.4, 0.5) is 4.79 Å². The summed E-state index contributed by atoms with van der Waals surface area (Å²) in [4.78, 5) is 16.5. The third-order valence-corrected chi connectivity index (χ3v) is 4.26. The average Bonchev–Trinajstić information content (AvgIpc) is 2.79. The standard InChI is InChI=1S/C18H27N5O2/c1-11-7-8-15(17(20-11)25-6)10-19-18(24)21-12(2)9-16-13(3)22-23(5)14(16)4/h7-8,12H,9-10H2,1-6H3,(H2,19,21,24)/t12-/m1/s1. The summed E-state index contributed by atoms with van der Waals surface area (Å²) in [6.45, 7) is 8.28. The Morgan fingerprint density at radius 3 is 2.64 bits per heavy atom. The van der Waals surface area contributed by atoms with Crippen molar-refractivity contribution in [2.45, 2.75) is 46.7 Å². The zero-order valence-electron chi connectivity index (χ0n) is 15.8. The van der Waals surface area contributed by atoms with Crippen LogP contribution in [0.25, 0.3) is 0 Å². The van der Waals surface area contributed by atoms with Crippen molar-refractivity contribution in [3.8, 4) is 5.88 Å². The van der Waals surface area contributed by atoms with Crippen molar-refractivity contribution in [2.75, 3.05) is 7.11 Å². The molecular weight excluding hydrogens is 318 g/mol. The van der Waals surface area contributed by atoms with Crippen LogP contribution in [0.5, 0.6) is 5.88 Å². The molecule has 0 unspecified atom stereocenters. The summed E-state index contributed by atoms with van der Waals surface area (Å²) in [5, 5.41) is 10.2. The Morgan fingerprint density at radius 2 is 2.04 bits per heavy atom. The van der Waals surface area contributed by atoms with Crippen molar-refractivity contribution in [1.82, 2.24) is 25.4 Å². The molecule has 0 radical (unpaired) electrons. The molecule has 0 spiro atoms. The second kappa shape index (κ2) is 8.00. The maximum atomic E-state index is 12.2. The Kier molecular flexibility index (Phi) is 6.01. The van der Waals surface area contributed by atoms with Crippen molar-refractivity contribution in [3.63, 3.8) is 0 Å². The van der Waals surface area contributed by atoms with Gasteiger partial charge in [0.25, 0.3) is 0 Å². The molecule has 25 heavy (non-hydrogen) atoms. The number of nitrogens with one attached hydrogen (secondary N) is 2. The van der Waals surface area contributed by atoms with E-state index in [-0.39, 0.29) is 12.1 Å². The van der Waals surface area contributed by atoms with E-state index in [4.69, 9.17) is 4.74 Å². The first-order valence-electron chi connectivity index (χ1n) is 8.35. The average molecular weight is 345 g/mol. The fourth-order valence-corrected chi connectivity index (χ4v) is 2.79. The number of methoxy groups -OCH3 is 1. The first-order valence-corrected chi connectivity index (χ1v) is 8.35. The summed E-state index contributed by atoms with van der Waals surface area (Å²) in [6, 6.07) is 3.59. The third-order valence-electron chi connectivity index (χ3n) is 4.26. The van der Waals surface area contributed by atoms with E-state index in [2.05, 4.69) is 20.7 Å². The number of aryl methyl sites for hydroxylation is 3. The smallest absolute Gasteiger partial charge is 0.315 e. The molecule has 0 saturated carbocycles. The van der Waals surface area contributed by atoms with Gasteiger partial charge in [-0.3, -0.25) is 4.68 Å². The van der Waals surface area contributed by atoms with E-state index in [1.165, 1.54) is 5.56 Å². The maximum Gasteiger partial charge on any atom is 0.315 e. The quantitative estimate of drug-likeness (QED) is 0.841. The number of pyridine rings is 1. The van der Waals surface area contributed by atoms with Gasteiger partial charge in [-0.2, -0.15) is 5.10 Å². The zero-order chi connectivity index (χ0) is 18.6. The van der Waals surface area contributed by atoms with Crippen molar-refractivity contribution in [1.29, 1.82) is 0 Å². The van der Waals surface area contributed by atoms with Crippen LogP contribution in [0.15, 0.2) is 12.1 Å². The van der Waals surface area contributed by atoms with Crippen molar-refractivity contribution < 1.29 is 9.53 Å². The minimum atomic E-state index is -0.214. The Labute approximate surface area is 148 Å². The molecule has 2 rings (SSSR count). The lowest BCUT2D eigenvalue weighted by Crippen LogP contribution is -2.41. The van der Waals surface area contributed by atoms with Crippen LogP contribution >= 0.6 is 0 Å². The number of rotatable bonds is 6. The van der Waals surface area contributed by atoms with E-state index in [1.807, 2.05) is 51.6 Å². The van der Waals surface area contributed by atoms with Crippen LogP contribution in [-0.2, 0) is 20.0 Å². The molecule has 2 heterocycles. The van der Waals surface area contributed by atoms with Crippen molar-refractivity contribution >= 4 is 6.03 Å². The summed E-state index contributed by atoms with van der Waals surface area (Å²) in [5.41, 5.74) is 5.03. The van der Waals surface area contributed by atoms with Gasteiger partial charge < -0.3 is 15.4 Å². The molecule has 0 aromatic carbocycles. The maximum absolute atomic E-state index is 12.2. The summed E-state index contributed by atoms with van der Waals surface area (Å²) < 4.78 is 7.12. The molecule has 7 heteroatoms. The normalized spacial score (nSPS) is 11.9. The molecular formula is C18H27N5O2. The van der Waals surface area contributed by atoms with Crippen LogP contribution in [-0.4, -0.2) is 33.9 Å². The molecule has 0 saturated heterocycles. The number of amides is 2. The molecule has 0 aliphatic rings. The van der Waals surface area contributed by atoms with Gasteiger partial charge in [-0.15, -0.1) is 0 Å². The SMILES string of the molecule is COc1nc(C)ccc1CNC(=O)N[C@H](C)Cc1c(C)nn(C)c1C. The van der Waals surface area contributed by atoms with E-state index < -0.39 is 0 Å². The fraction of sp³-hybridized carbons (Fsp3) is 0.500. The molecule has 2 N–H and O–H groups in total. The van der Waals surface area contributed by atoms with E-state index in [0.717, 1.165) is 29.1 Å². The van der Waals surface area contributed by atoms with Gasteiger partial charge in [-0.05, 0) is 45.7 Å². The molecule has 2 aromatic rings. The number of carbonyl (C=O) groups is 1. The summed E-state index contributed by atoms with van der Waals surface area (Å²) in [7, 11) is 3.51. The van der Waals surface area contributed by atoms with Crippen LogP contribution in [0.1, 0.15) is 35.1 Å². The second-order valence-corrected chi connectivity index (χ2v) is 6.33. The second-order valence-electron chi connectivity index (χ2n) is 6.33. The Bertz CT molecular complexity index is 754. The number of hydrogen-bond donors (Lipinski definition) is 2. The number of ether oxygens (including phenoxy) is 1. The van der Waals surface area contributed by atoms with Crippen LogP contribution in [0.2, 0.25) is 0 Å². The highest BCUT2D eigenvalue weighted by molar-refractivity contribution is 5.74. The summed E-state index contributed by atoms with van der Waals surface area (Å²) >= 11 is 0. The molecule has 0 bridgehead atoms. The highest BCUT2D eigenvalue weighted by Gasteiger charge is 2.15. The topological polar surface area (TPSA) is 81.1 Å². The van der Waals surface area contributed by atoms with Crippen molar-refractivity contribution in [3.05, 3.63) is 40.3 Å². The fourth-order valence-electron chi connectivity index (χ4n) is 2.79. The summed E-state index contributed by atoms with van der Waals surface area (Å²) in [5.74, 6) is 0.537. The van der Waals surface area contributed by atoms with Crippen LogP contribution < -0.4 is 15.4 Å². The molecule has 2 amide bonds. The molecule has 7 nitrogen and oxygen atoms in total. The van der Waals surface area contributed by atoms with Gasteiger partial charge in [0, 0.05) is 36.6 Å². The van der Waals surface area contributed by atoms with Gasteiger partial charge in [0.15, 0.2) is 0 Å². The predicted octanol–water partition coefficient (Wildman–Crippen LogP) is 2.18. The number of urea groups is 1. The number of hydrogen-bond acceptors (Lipinski definition) is 4. The Hall–Kier alpha value is -2.57. The van der Waals surface area contributed by atoms with Gasteiger partial charge in [-0.1, -0.05) is 6.07 Å². The lowest BCUT2D eigenvalue weighted by molar-refractivity contribution is 0.237. The van der Waals surface area contributed by atoms with Crippen molar-refractivity contribution in [2.24, 2.45) is 7.05 Å². The first-order chi connectivity index (χ1) is 11.8. The third kappa shape index (κ3) is 4.71. The molecule has 136 valence electrons. The lowest BCUT2D eigenvalue weighted by Gasteiger charge is -2.15. The predicted molar refractivity (Wildman–Crippen MR) is 96.7 cm³/mol. The van der Waals surface area contributed by atoms with Gasteiger partial charge in [0.1, 0.15) is 0 Å². The molecule has 0 fully saturated rings. The van der Waals surface area contributed by atoms with Gasteiger partial charge in [0.2, 0.25) is 5.88 Å². The Morgan fingerprint density at radius 1 is 1.32 bits per heavy atom. The Balaban J connectivity index is 1.90. The number of nitrogens with zero attached hydrogens (tertiary/aromatic N) is 3. The first kappa shape index (κ1) is 18.8. The summed E-state index contributed by atoms with van der Waals surface area (Å²) in [6.07, 6.45) is 0.744. The highest BCUT2D eigenvalue weighted by atomic mass is 16.5. The van der Waals surface area contributed by atoms with Gasteiger partial charge >= 0.3 is 6.03 Å². The van der Waals surface area contributed by atoms with E-state index in [0.29, 0.717) is 12.4 Å². The lowest BCUT2D eigenvalue weighted by atomic mass is 10.1. The minimum Gasteiger partial charge on any atom is -0.481 e.